The highest BCUT2D eigenvalue weighted by atomic mass is 35.5. The average molecular weight is 558 g/mol. The van der Waals surface area contributed by atoms with Gasteiger partial charge < -0.3 is 10.5 Å². The number of hydrogen-bond donors (Lipinski definition) is 1. The van der Waals surface area contributed by atoms with Crippen molar-refractivity contribution in [1.29, 1.82) is 0 Å². The zero-order valence-electron chi connectivity index (χ0n) is 19.7. The van der Waals surface area contributed by atoms with Gasteiger partial charge in [-0.25, -0.2) is 9.18 Å². The second kappa shape index (κ2) is 10.4. The maximum absolute atomic E-state index is 15.0. The van der Waals surface area contributed by atoms with Crippen LogP contribution in [0.5, 0.6) is 5.75 Å². The van der Waals surface area contributed by atoms with Gasteiger partial charge in [0.15, 0.2) is 0 Å². The van der Waals surface area contributed by atoms with Crippen molar-refractivity contribution in [2.24, 2.45) is 5.73 Å². The molecule has 1 aromatic heterocycles. The summed E-state index contributed by atoms with van der Waals surface area (Å²) < 4.78 is 22.9. The fourth-order valence-electron chi connectivity index (χ4n) is 4.60. The molecular formula is C27H22Cl2FN3O3S. The van der Waals surface area contributed by atoms with Crippen LogP contribution in [0.4, 0.5) is 4.39 Å². The van der Waals surface area contributed by atoms with E-state index in [1.165, 1.54) is 35.6 Å². The predicted molar refractivity (Wildman–Crippen MR) is 146 cm³/mol. The van der Waals surface area contributed by atoms with E-state index in [0.29, 0.717) is 22.1 Å². The Kier molecular flexibility index (Phi) is 7.18. The van der Waals surface area contributed by atoms with Crippen LogP contribution in [-0.2, 0) is 6.54 Å². The molecule has 1 aliphatic heterocycles. The largest absolute Gasteiger partial charge is 0.495 e. The average Bonchev–Trinajstić information content (AvgIpc) is 3.32. The summed E-state index contributed by atoms with van der Waals surface area (Å²) in [5.41, 5.74) is 6.89. The normalized spacial score (nSPS) is 15.4. The molecule has 190 valence electrons. The van der Waals surface area contributed by atoms with E-state index in [9.17, 15) is 14.0 Å². The van der Waals surface area contributed by atoms with Gasteiger partial charge >= 0.3 is 5.69 Å². The Bertz CT molecular complexity index is 1590. The molecule has 0 radical (unpaired) electrons. The number of fused-ring (bicyclic) bond motifs is 1. The van der Waals surface area contributed by atoms with Crippen LogP contribution in [0.15, 0.2) is 81.3 Å². The van der Waals surface area contributed by atoms with Crippen LogP contribution < -0.4 is 21.7 Å². The van der Waals surface area contributed by atoms with Gasteiger partial charge in [0, 0.05) is 27.9 Å². The van der Waals surface area contributed by atoms with E-state index >= 15 is 0 Å². The first kappa shape index (κ1) is 25.6. The van der Waals surface area contributed by atoms with Gasteiger partial charge in [0.1, 0.15) is 11.6 Å². The molecule has 3 aromatic carbocycles. The zero-order chi connectivity index (χ0) is 26.3. The molecule has 0 amide bonds. The van der Waals surface area contributed by atoms with Gasteiger partial charge in [-0.2, -0.15) is 0 Å². The van der Waals surface area contributed by atoms with Crippen molar-refractivity contribution in [3.8, 4) is 16.9 Å². The third-order valence-electron chi connectivity index (χ3n) is 6.41. The summed E-state index contributed by atoms with van der Waals surface area (Å²) in [7, 11) is 1.48. The summed E-state index contributed by atoms with van der Waals surface area (Å²) in [6.07, 6.45) is 0. The van der Waals surface area contributed by atoms with Crippen LogP contribution >= 0.6 is 35.0 Å². The molecule has 1 aliphatic rings. The minimum absolute atomic E-state index is 0.0844. The molecule has 2 atom stereocenters. The first-order valence-electron chi connectivity index (χ1n) is 11.4. The molecule has 0 saturated heterocycles. The fourth-order valence-corrected chi connectivity index (χ4v) is 6.50. The number of aromatic nitrogens is 2. The van der Waals surface area contributed by atoms with Gasteiger partial charge in [-0.15, -0.1) is 11.8 Å². The molecule has 2 heterocycles. The van der Waals surface area contributed by atoms with Gasteiger partial charge in [-0.3, -0.25) is 13.9 Å². The van der Waals surface area contributed by atoms with E-state index in [4.69, 9.17) is 33.7 Å². The van der Waals surface area contributed by atoms with Crippen molar-refractivity contribution in [1.82, 2.24) is 9.13 Å². The van der Waals surface area contributed by atoms with E-state index < -0.39 is 29.1 Å². The van der Waals surface area contributed by atoms with Gasteiger partial charge in [0.2, 0.25) is 0 Å². The monoisotopic (exact) mass is 557 g/mol. The molecule has 5 rings (SSSR count). The topological polar surface area (TPSA) is 79.2 Å². The second-order valence-corrected chi connectivity index (χ2v) is 10.3. The van der Waals surface area contributed by atoms with Crippen molar-refractivity contribution < 1.29 is 9.13 Å². The maximum Gasteiger partial charge on any atom is 0.332 e. The lowest BCUT2D eigenvalue weighted by atomic mass is 10.0. The number of thioether (sulfide) groups is 1. The molecule has 0 fully saturated rings. The summed E-state index contributed by atoms with van der Waals surface area (Å²) in [6, 6.07) is 17.3. The molecule has 2 unspecified atom stereocenters. The lowest BCUT2D eigenvalue weighted by molar-refractivity contribution is 0.415. The van der Waals surface area contributed by atoms with E-state index in [1.807, 2.05) is 30.3 Å². The first-order valence-corrected chi connectivity index (χ1v) is 13.2. The number of nitrogens with zero attached hydrogens (tertiary/aromatic N) is 2. The third-order valence-corrected chi connectivity index (χ3v) is 8.29. The molecule has 4 aromatic rings. The van der Waals surface area contributed by atoms with Crippen LogP contribution in [0, 0.1) is 5.82 Å². The van der Waals surface area contributed by atoms with Crippen molar-refractivity contribution in [2.45, 2.75) is 23.7 Å². The molecule has 0 spiro atoms. The van der Waals surface area contributed by atoms with Crippen LogP contribution in [0.25, 0.3) is 11.1 Å². The van der Waals surface area contributed by atoms with Crippen LogP contribution in [0.2, 0.25) is 10.0 Å². The lowest BCUT2D eigenvalue weighted by Gasteiger charge is -2.21. The summed E-state index contributed by atoms with van der Waals surface area (Å²) in [4.78, 5) is 27.8. The Morgan fingerprint density at radius 2 is 1.81 bits per heavy atom. The van der Waals surface area contributed by atoms with Crippen molar-refractivity contribution in [3.05, 3.63) is 115 Å². The smallest absolute Gasteiger partial charge is 0.332 e. The van der Waals surface area contributed by atoms with Crippen molar-refractivity contribution in [2.75, 3.05) is 12.9 Å². The summed E-state index contributed by atoms with van der Waals surface area (Å²) >= 11 is 14.3. The highest BCUT2D eigenvalue weighted by Gasteiger charge is 2.35. The predicted octanol–water partition coefficient (Wildman–Crippen LogP) is 5.53. The molecule has 10 heteroatoms. The van der Waals surface area contributed by atoms with Gasteiger partial charge in [-0.05, 0) is 23.8 Å². The lowest BCUT2D eigenvalue weighted by Crippen LogP contribution is -2.44. The van der Waals surface area contributed by atoms with Crippen molar-refractivity contribution >= 4 is 35.0 Å². The number of benzene rings is 3. The highest BCUT2D eigenvalue weighted by molar-refractivity contribution is 7.99. The summed E-state index contributed by atoms with van der Waals surface area (Å²) in [6.45, 7) is -0.0844. The Morgan fingerprint density at radius 1 is 1.08 bits per heavy atom. The molecular weight excluding hydrogens is 536 g/mol. The SMILES string of the molecule is COc1cccc(-c2c3n(c(=O)n(CC(N)c4ccccc4)c2=O)C(c2c(F)cccc2Cl)CS3)c1Cl. The van der Waals surface area contributed by atoms with E-state index in [1.54, 1.807) is 24.3 Å². The quantitative estimate of drug-likeness (QED) is 0.315. The molecule has 0 bridgehead atoms. The number of ether oxygens (including phenoxy) is 1. The van der Waals surface area contributed by atoms with Gasteiger partial charge in [0.25, 0.3) is 5.56 Å². The van der Waals surface area contributed by atoms with E-state index in [-0.39, 0.29) is 27.7 Å². The standard InChI is InChI=1S/C27H22Cl2FN3O3S/c1-36-21-12-5-9-16(24(21)29)22-25(34)32(13-19(31)15-7-3-2-4-8-15)27(35)33-20(14-37-26(22)33)23-17(28)10-6-11-18(23)30/h2-12,19-20H,13-14,31H2,1H3. The number of methoxy groups -OCH3 is 1. The second-order valence-electron chi connectivity index (χ2n) is 8.55. The number of hydrogen-bond acceptors (Lipinski definition) is 5. The Hall–Kier alpha value is -3.04. The number of nitrogens with two attached hydrogens (primary N) is 1. The fraction of sp³-hybridized carbons (Fsp3) is 0.185. The van der Waals surface area contributed by atoms with Crippen LogP contribution in [0.1, 0.15) is 23.2 Å². The van der Waals surface area contributed by atoms with Gasteiger partial charge in [-0.1, -0.05) is 71.7 Å². The van der Waals surface area contributed by atoms with E-state index in [0.717, 1.165) is 10.1 Å². The molecule has 0 saturated carbocycles. The Balaban J connectivity index is 1.78. The molecule has 2 N–H and O–H groups in total. The number of halogens is 3. The van der Waals surface area contributed by atoms with E-state index in [2.05, 4.69) is 0 Å². The zero-order valence-corrected chi connectivity index (χ0v) is 22.0. The Morgan fingerprint density at radius 3 is 2.51 bits per heavy atom. The third kappa shape index (κ3) is 4.48. The van der Waals surface area contributed by atoms with Crippen LogP contribution in [-0.4, -0.2) is 22.0 Å². The maximum atomic E-state index is 15.0. The van der Waals surface area contributed by atoms with Crippen LogP contribution in [0.3, 0.4) is 0 Å². The summed E-state index contributed by atoms with van der Waals surface area (Å²) in [5, 5.41) is 0.819. The minimum atomic E-state index is -0.732. The summed E-state index contributed by atoms with van der Waals surface area (Å²) in [5.74, 6) is 0.156. The molecule has 6 nitrogen and oxygen atoms in total. The Labute approximate surface area is 226 Å². The molecule has 37 heavy (non-hydrogen) atoms. The molecule has 0 aliphatic carbocycles. The highest BCUT2D eigenvalue weighted by Crippen LogP contribution is 2.44. The first-order chi connectivity index (χ1) is 17.8. The van der Waals surface area contributed by atoms with Gasteiger partial charge in [0.05, 0.1) is 35.3 Å². The minimum Gasteiger partial charge on any atom is -0.495 e. The van der Waals surface area contributed by atoms with Crippen molar-refractivity contribution in [3.63, 3.8) is 0 Å². The number of rotatable bonds is 6.